The van der Waals surface area contributed by atoms with Crippen molar-refractivity contribution in [3.05, 3.63) is 58.9 Å². The SMILES string of the molecule is COCCN(Cc1cccs1)C(=O)c1ccnc(-n2cncn2)c1. The molecule has 0 fully saturated rings. The first-order chi connectivity index (χ1) is 11.8. The Labute approximate surface area is 143 Å². The zero-order valence-electron chi connectivity index (χ0n) is 13.2. The summed E-state index contributed by atoms with van der Waals surface area (Å²) in [7, 11) is 1.63. The fourth-order valence-corrected chi connectivity index (χ4v) is 2.95. The van der Waals surface area contributed by atoms with Crippen LogP contribution in [-0.4, -0.2) is 50.8 Å². The summed E-state index contributed by atoms with van der Waals surface area (Å²) in [6.45, 7) is 1.56. The second kappa shape index (κ2) is 7.80. The van der Waals surface area contributed by atoms with Gasteiger partial charge >= 0.3 is 0 Å². The van der Waals surface area contributed by atoms with Crippen LogP contribution >= 0.6 is 11.3 Å². The van der Waals surface area contributed by atoms with Gasteiger partial charge in [-0.15, -0.1) is 11.3 Å². The summed E-state index contributed by atoms with van der Waals surface area (Å²) >= 11 is 1.63. The predicted octanol–water partition coefficient (Wildman–Crippen LogP) is 2.01. The molecule has 124 valence electrons. The van der Waals surface area contributed by atoms with Crippen molar-refractivity contribution in [1.82, 2.24) is 24.6 Å². The number of amides is 1. The van der Waals surface area contributed by atoms with Crippen LogP contribution in [0.2, 0.25) is 0 Å². The van der Waals surface area contributed by atoms with E-state index in [1.807, 2.05) is 17.5 Å². The number of ether oxygens (including phenoxy) is 1. The van der Waals surface area contributed by atoms with E-state index in [0.29, 0.717) is 31.1 Å². The van der Waals surface area contributed by atoms with Gasteiger partial charge in [-0.05, 0) is 23.6 Å². The van der Waals surface area contributed by atoms with Gasteiger partial charge in [-0.2, -0.15) is 5.10 Å². The molecule has 0 N–H and O–H groups in total. The Balaban J connectivity index is 1.82. The number of carbonyl (C=O) groups excluding carboxylic acids is 1. The molecule has 8 heteroatoms. The number of rotatable bonds is 7. The Morgan fingerprint density at radius 2 is 2.33 bits per heavy atom. The summed E-state index contributed by atoms with van der Waals surface area (Å²) in [6.07, 6.45) is 4.58. The van der Waals surface area contributed by atoms with Gasteiger partial charge < -0.3 is 9.64 Å². The summed E-state index contributed by atoms with van der Waals surface area (Å²) in [5, 5.41) is 6.05. The van der Waals surface area contributed by atoms with Crippen LogP contribution in [0.3, 0.4) is 0 Å². The van der Waals surface area contributed by atoms with E-state index in [1.165, 1.54) is 11.0 Å². The highest BCUT2D eigenvalue weighted by molar-refractivity contribution is 7.09. The number of methoxy groups -OCH3 is 1. The third kappa shape index (κ3) is 3.84. The van der Waals surface area contributed by atoms with Crippen molar-refractivity contribution in [2.24, 2.45) is 0 Å². The van der Waals surface area contributed by atoms with Gasteiger partial charge in [-0.25, -0.2) is 14.6 Å². The van der Waals surface area contributed by atoms with E-state index < -0.39 is 0 Å². The number of hydrogen-bond acceptors (Lipinski definition) is 6. The minimum absolute atomic E-state index is 0.0655. The maximum Gasteiger partial charge on any atom is 0.254 e. The standard InChI is InChI=1S/C16H17N5O2S/c1-23-7-6-20(10-14-3-2-8-24-14)16(22)13-4-5-18-15(9-13)21-12-17-11-19-21/h2-5,8-9,11-12H,6-7,10H2,1H3. The lowest BCUT2D eigenvalue weighted by atomic mass is 10.2. The zero-order valence-corrected chi connectivity index (χ0v) is 14.0. The van der Waals surface area contributed by atoms with E-state index in [4.69, 9.17) is 4.74 Å². The molecule has 3 aromatic heterocycles. The molecule has 0 bridgehead atoms. The molecular weight excluding hydrogens is 326 g/mol. The van der Waals surface area contributed by atoms with E-state index in [1.54, 1.807) is 48.0 Å². The summed E-state index contributed by atoms with van der Waals surface area (Å²) in [5.74, 6) is 0.491. The van der Waals surface area contributed by atoms with E-state index in [2.05, 4.69) is 15.1 Å². The first-order valence-electron chi connectivity index (χ1n) is 7.39. The van der Waals surface area contributed by atoms with Gasteiger partial charge in [-0.1, -0.05) is 6.07 Å². The average Bonchev–Trinajstić information content (AvgIpc) is 3.31. The lowest BCUT2D eigenvalue weighted by Crippen LogP contribution is -2.33. The van der Waals surface area contributed by atoms with Gasteiger partial charge in [0.1, 0.15) is 12.7 Å². The van der Waals surface area contributed by atoms with E-state index in [9.17, 15) is 4.79 Å². The molecule has 0 saturated carbocycles. The van der Waals surface area contributed by atoms with Crippen LogP contribution in [0, 0.1) is 0 Å². The van der Waals surface area contributed by atoms with Gasteiger partial charge in [0.2, 0.25) is 0 Å². The summed E-state index contributed by atoms with van der Waals surface area (Å²) in [4.78, 5) is 23.9. The predicted molar refractivity (Wildman–Crippen MR) is 90.1 cm³/mol. The zero-order chi connectivity index (χ0) is 16.8. The van der Waals surface area contributed by atoms with Crippen molar-refractivity contribution in [3.63, 3.8) is 0 Å². The van der Waals surface area contributed by atoms with Crippen LogP contribution in [-0.2, 0) is 11.3 Å². The fraction of sp³-hybridized carbons (Fsp3) is 0.250. The molecule has 0 aliphatic heterocycles. The lowest BCUT2D eigenvalue weighted by molar-refractivity contribution is 0.0682. The average molecular weight is 343 g/mol. The second-order valence-electron chi connectivity index (χ2n) is 5.04. The highest BCUT2D eigenvalue weighted by atomic mass is 32.1. The molecule has 0 spiro atoms. The topological polar surface area (TPSA) is 73.1 Å². The van der Waals surface area contributed by atoms with E-state index >= 15 is 0 Å². The van der Waals surface area contributed by atoms with Gasteiger partial charge in [0.05, 0.1) is 13.2 Å². The summed E-state index contributed by atoms with van der Waals surface area (Å²) in [5.41, 5.74) is 0.558. The van der Waals surface area contributed by atoms with Gasteiger partial charge in [-0.3, -0.25) is 4.79 Å². The Morgan fingerprint density at radius 1 is 1.42 bits per heavy atom. The molecule has 24 heavy (non-hydrogen) atoms. The maximum atomic E-state index is 12.9. The molecule has 3 rings (SSSR count). The Kier molecular flexibility index (Phi) is 5.29. The van der Waals surface area contributed by atoms with Crippen LogP contribution in [0.15, 0.2) is 48.5 Å². The minimum Gasteiger partial charge on any atom is -0.383 e. The van der Waals surface area contributed by atoms with Crippen LogP contribution in [0.4, 0.5) is 0 Å². The fourth-order valence-electron chi connectivity index (χ4n) is 2.23. The normalized spacial score (nSPS) is 10.7. The molecule has 7 nitrogen and oxygen atoms in total. The van der Waals surface area contributed by atoms with Crippen molar-refractivity contribution in [1.29, 1.82) is 0 Å². The van der Waals surface area contributed by atoms with Crippen molar-refractivity contribution >= 4 is 17.2 Å². The van der Waals surface area contributed by atoms with Crippen LogP contribution in [0.5, 0.6) is 0 Å². The quantitative estimate of drug-likeness (QED) is 0.656. The molecule has 0 atom stereocenters. The molecule has 0 aliphatic rings. The Hall–Kier alpha value is -2.58. The molecule has 1 amide bonds. The van der Waals surface area contributed by atoms with Crippen molar-refractivity contribution < 1.29 is 9.53 Å². The molecule has 3 aromatic rings. The highest BCUT2D eigenvalue weighted by Crippen LogP contribution is 2.15. The molecule has 0 saturated heterocycles. The Bertz CT molecular complexity index is 774. The van der Waals surface area contributed by atoms with Gasteiger partial charge in [0.25, 0.3) is 5.91 Å². The van der Waals surface area contributed by atoms with Crippen LogP contribution < -0.4 is 0 Å². The molecule has 0 aliphatic carbocycles. The summed E-state index contributed by atoms with van der Waals surface area (Å²) < 4.78 is 6.66. The molecular formula is C16H17N5O2S. The van der Waals surface area contributed by atoms with Crippen LogP contribution in [0.25, 0.3) is 5.82 Å². The number of carbonyl (C=O) groups is 1. The van der Waals surface area contributed by atoms with E-state index in [0.717, 1.165) is 4.88 Å². The highest BCUT2D eigenvalue weighted by Gasteiger charge is 2.17. The smallest absolute Gasteiger partial charge is 0.254 e. The minimum atomic E-state index is -0.0655. The third-order valence-electron chi connectivity index (χ3n) is 3.43. The third-order valence-corrected chi connectivity index (χ3v) is 4.29. The molecule has 0 radical (unpaired) electrons. The molecule has 0 aromatic carbocycles. The first kappa shape index (κ1) is 16.3. The monoisotopic (exact) mass is 343 g/mol. The second-order valence-corrected chi connectivity index (χ2v) is 6.07. The number of hydrogen-bond donors (Lipinski definition) is 0. The number of nitrogens with zero attached hydrogens (tertiary/aromatic N) is 5. The van der Waals surface area contributed by atoms with E-state index in [-0.39, 0.29) is 5.91 Å². The van der Waals surface area contributed by atoms with Crippen molar-refractivity contribution in [3.8, 4) is 5.82 Å². The number of thiophene rings is 1. The Morgan fingerprint density at radius 3 is 3.04 bits per heavy atom. The van der Waals surface area contributed by atoms with Gasteiger partial charge in [0.15, 0.2) is 5.82 Å². The lowest BCUT2D eigenvalue weighted by Gasteiger charge is -2.22. The first-order valence-corrected chi connectivity index (χ1v) is 8.27. The van der Waals surface area contributed by atoms with Gasteiger partial charge in [0, 0.05) is 30.3 Å². The number of pyridine rings is 1. The molecule has 0 unspecified atom stereocenters. The molecule has 3 heterocycles. The van der Waals surface area contributed by atoms with Crippen molar-refractivity contribution in [2.75, 3.05) is 20.3 Å². The van der Waals surface area contributed by atoms with Crippen LogP contribution in [0.1, 0.15) is 15.2 Å². The maximum absolute atomic E-state index is 12.9. The number of aromatic nitrogens is 4. The summed E-state index contributed by atoms with van der Waals surface area (Å²) in [6, 6.07) is 7.42. The van der Waals surface area contributed by atoms with Crippen molar-refractivity contribution in [2.45, 2.75) is 6.54 Å². The largest absolute Gasteiger partial charge is 0.383 e.